The third-order valence-corrected chi connectivity index (χ3v) is 4.44. The minimum Gasteiger partial charge on any atom is -0.465 e. The first kappa shape index (κ1) is 15.8. The molecule has 1 aromatic heterocycles. The average Bonchev–Trinajstić information content (AvgIpc) is 2.55. The molecule has 120 valence electrons. The summed E-state index contributed by atoms with van der Waals surface area (Å²) in [5, 5.41) is 10.5. The second-order valence-corrected chi connectivity index (χ2v) is 6.87. The Morgan fingerprint density at radius 3 is 2.61 bits per heavy atom. The summed E-state index contributed by atoms with van der Waals surface area (Å²) in [5.41, 5.74) is 1.56. The maximum Gasteiger partial charge on any atom is 0.407 e. The molecule has 0 saturated carbocycles. The molecule has 1 unspecified atom stereocenters. The lowest BCUT2D eigenvalue weighted by Crippen LogP contribution is -2.33. The molecule has 0 fully saturated rings. The first-order valence-corrected chi connectivity index (χ1v) is 8.27. The number of alkyl halides is 1. The third kappa shape index (κ3) is 2.91. The standard InChI is InChI=1S/C17H16BrNO4/c1-10(18)15-14(11-6-8-19(9-7-11)17(21)22)12-4-2-3-5-13(12)16(20)23-15/h2-6,10H,7-9H2,1H3,(H,21,22). The third-order valence-electron chi connectivity index (χ3n) is 4.03. The summed E-state index contributed by atoms with van der Waals surface area (Å²) in [7, 11) is 0. The zero-order chi connectivity index (χ0) is 16.6. The number of rotatable bonds is 2. The molecule has 1 aliphatic heterocycles. The highest BCUT2D eigenvalue weighted by Gasteiger charge is 2.23. The molecule has 5 nitrogen and oxygen atoms in total. The number of nitrogens with zero attached hydrogens (tertiary/aromatic N) is 1. The first-order chi connectivity index (χ1) is 11.0. The van der Waals surface area contributed by atoms with Crippen molar-refractivity contribution in [1.82, 2.24) is 4.90 Å². The number of amides is 1. The Balaban J connectivity index is 2.20. The Morgan fingerprint density at radius 1 is 1.35 bits per heavy atom. The predicted molar refractivity (Wildman–Crippen MR) is 92.0 cm³/mol. The van der Waals surface area contributed by atoms with Crippen LogP contribution in [0.2, 0.25) is 0 Å². The van der Waals surface area contributed by atoms with Gasteiger partial charge in [-0.05, 0) is 30.4 Å². The van der Waals surface area contributed by atoms with Crippen molar-refractivity contribution in [3.05, 3.63) is 52.1 Å². The zero-order valence-corrected chi connectivity index (χ0v) is 14.2. The van der Waals surface area contributed by atoms with E-state index >= 15 is 0 Å². The molecule has 1 aliphatic rings. The summed E-state index contributed by atoms with van der Waals surface area (Å²) >= 11 is 3.49. The van der Waals surface area contributed by atoms with Crippen LogP contribution in [-0.4, -0.2) is 29.2 Å². The van der Waals surface area contributed by atoms with Crippen molar-refractivity contribution in [2.75, 3.05) is 13.1 Å². The van der Waals surface area contributed by atoms with E-state index in [4.69, 9.17) is 9.52 Å². The fraction of sp³-hybridized carbons (Fsp3) is 0.294. The highest BCUT2D eigenvalue weighted by molar-refractivity contribution is 9.09. The Bertz CT molecular complexity index is 853. The lowest BCUT2D eigenvalue weighted by atomic mass is 9.93. The van der Waals surface area contributed by atoms with E-state index in [1.165, 1.54) is 4.90 Å². The molecule has 3 rings (SSSR count). The van der Waals surface area contributed by atoms with Gasteiger partial charge in [0.2, 0.25) is 0 Å². The van der Waals surface area contributed by atoms with Crippen LogP contribution in [0.4, 0.5) is 4.79 Å². The van der Waals surface area contributed by atoms with Crippen LogP contribution >= 0.6 is 15.9 Å². The number of hydrogen-bond donors (Lipinski definition) is 1. The van der Waals surface area contributed by atoms with Crippen LogP contribution in [-0.2, 0) is 0 Å². The Hall–Kier alpha value is -2.08. The van der Waals surface area contributed by atoms with Crippen LogP contribution in [0.3, 0.4) is 0 Å². The van der Waals surface area contributed by atoms with E-state index in [9.17, 15) is 9.59 Å². The van der Waals surface area contributed by atoms with E-state index in [1.807, 2.05) is 31.2 Å². The molecule has 1 amide bonds. The monoisotopic (exact) mass is 377 g/mol. The van der Waals surface area contributed by atoms with Crippen molar-refractivity contribution in [3.63, 3.8) is 0 Å². The largest absolute Gasteiger partial charge is 0.465 e. The van der Waals surface area contributed by atoms with Gasteiger partial charge in [0, 0.05) is 18.7 Å². The molecule has 23 heavy (non-hydrogen) atoms. The summed E-state index contributed by atoms with van der Waals surface area (Å²) in [4.78, 5) is 24.5. The van der Waals surface area contributed by atoms with E-state index in [0.717, 1.165) is 16.5 Å². The van der Waals surface area contributed by atoms with Crippen LogP contribution in [0.25, 0.3) is 16.3 Å². The molecule has 1 atom stereocenters. The summed E-state index contributed by atoms with van der Waals surface area (Å²) in [5.74, 6) is 0.587. The number of benzene rings is 1. The van der Waals surface area contributed by atoms with Gasteiger partial charge in [-0.15, -0.1) is 0 Å². The normalized spacial score (nSPS) is 16.3. The molecule has 2 heterocycles. The highest BCUT2D eigenvalue weighted by atomic mass is 79.9. The molecular weight excluding hydrogens is 362 g/mol. The number of halogens is 1. The average molecular weight is 378 g/mol. The fourth-order valence-electron chi connectivity index (χ4n) is 2.90. The van der Waals surface area contributed by atoms with Crippen molar-refractivity contribution < 1.29 is 14.3 Å². The van der Waals surface area contributed by atoms with Crippen LogP contribution in [0.15, 0.2) is 39.6 Å². The first-order valence-electron chi connectivity index (χ1n) is 7.36. The van der Waals surface area contributed by atoms with Gasteiger partial charge in [0.25, 0.3) is 0 Å². The molecule has 0 spiro atoms. The van der Waals surface area contributed by atoms with E-state index < -0.39 is 6.09 Å². The summed E-state index contributed by atoms with van der Waals surface area (Å²) in [6.45, 7) is 2.68. The van der Waals surface area contributed by atoms with Gasteiger partial charge in [0.05, 0.1) is 10.2 Å². The maximum atomic E-state index is 12.2. The maximum absolute atomic E-state index is 12.2. The molecule has 2 aromatic rings. The predicted octanol–water partition coefficient (Wildman–Crippen LogP) is 4.02. The molecule has 1 N–H and O–H groups in total. The van der Waals surface area contributed by atoms with E-state index in [0.29, 0.717) is 30.7 Å². The van der Waals surface area contributed by atoms with Gasteiger partial charge in [-0.25, -0.2) is 9.59 Å². The van der Waals surface area contributed by atoms with Gasteiger partial charge in [-0.3, -0.25) is 0 Å². The molecule has 0 bridgehead atoms. The van der Waals surface area contributed by atoms with Gasteiger partial charge in [0.15, 0.2) is 0 Å². The van der Waals surface area contributed by atoms with Gasteiger partial charge < -0.3 is 14.4 Å². The van der Waals surface area contributed by atoms with Gasteiger partial charge in [-0.1, -0.05) is 40.2 Å². The Kier molecular flexibility index (Phi) is 4.26. The molecule has 0 aliphatic carbocycles. The molecule has 6 heteroatoms. The second kappa shape index (κ2) is 6.20. The fourth-order valence-corrected chi connectivity index (χ4v) is 3.22. The second-order valence-electron chi connectivity index (χ2n) is 5.50. The topological polar surface area (TPSA) is 70.8 Å². The lowest BCUT2D eigenvalue weighted by molar-refractivity contribution is 0.150. The van der Waals surface area contributed by atoms with Crippen molar-refractivity contribution in [3.8, 4) is 0 Å². The number of fused-ring (bicyclic) bond motifs is 1. The van der Waals surface area contributed by atoms with Crippen LogP contribution in [0.5, 0.6) is 0 Å². The van der Waals surface area contributed by atoms with E-state index in [2.05, 4.69) is 15.9 Å². The smallest absolute Gasteiger partial charge is 0.407 e. The number of carboxylic acid groups (broad SMARTS) is 1. The van der Waals surface area contributed by atoms with Gasteiger partial charge in [-0.2, -0.15) is 0 Å². The minimum absolute atomic E-state index is 0.117. The Labute approximate surface area is 141 Å². The van der Waals surface area contributed by atoms with Crippen molar-refractivity contribution in [2.24, 2.45) is 0 Å². The summed E-state index contributed by atoms with van der Waals surface area (Å²) < 4.78 is 5.54. The van der Waals surface area contributed by atoms with Crippen molar-refractivity contribution in [1.29, 1.82) is 0 Å². The van der Waals surface area contributed by atoms with Crippen LogP contribution in [0, 0.1) is 0 Å². The lowest BCUT2D eigenvalue weighted by Gasteiger charge is -2.25. The number of hydrogen-bond acceptors (Lipinski definition) is 3. The Morgan fingerprint density at radius 2 is 2.04 bits per heavy atom. The van der Waals surface area contributed by atoms with E-state index in [1.54, 1.807) is 6.07 Å². The van der Waals surface area contributed by atoms with Gasteiger partial charge >= 0.3 is 11.7 Å². The quantitative estimate of drug-likeness (QED) is 0.802. The van der Waals surface area contributed by atoms with Crippen LogP contribution in [0.1, 0.15) is 29.5 Å². The minimum atomic E-state index is -0.918. The zero-order valence-electron chi connectivity index (χ0n) is 12.6. The summed E-state index contributed by atoms with van der Waals surface area (Å²) in [6, 6.07) is 7.35. The van der Waals surface area contributed by atoms with Gasteiger partial charge in [0.1, 0.15) is 5.76 Å². The molecule has 0 radical (unpaired) electrons. The highest BCUT2D eigenvalue weighted by Crippen LogP contribution is 2.36. The molecular formula is C17H16BrNO4. The molecule has 0 saturated heterocycles. The molecule has 1 aromatic carbocycles. The number of carbonyl (C=O) groups is 1. The summed E-state index contributed by atoms with van der Waals surface area (Å²) in [6.07, 6.45) is 1.58. The van der Waals surface area contributed by atoms with Crippen LogP contribution < -0.4 is 5.63 Å². The van der Waals surface area contributed by atoms with Crippen molar-refractivity contribution in [2.45, 2.75) is 18.2 Å². The SMILES string of the molecule is CC(Br)c1oc(=O)c2ccccc2c1C1=CCN(C(=O)O)CC1. The van der Waals surface area contributed by atoms with E-state index in [-0.39, 0.29) is 10.5 Å². The van der Waals surface area contributed by atoms with Crippen molar-refractivity contribution >= 4 is 38.4 Å².